The van der Waals surface area contributed by atoms with E-state index in [4.69, 9.17) is 0 Å². The maximum Gasteiger partial charge on any atom is 0.324 e. The van der Waals surface area contributed by atoms with Crippen molar-refractivity contribution in [2.45, 2.75) is 194 Å². The molecule has 11 atom stereocenters. The Morgan fingerprint density at radius 2 is 1.13 bits per heavy atom. The zero-order chi connectivity index (χ0) is 55.6. The lowest BCUT2D eigenvalue weighted by Crippen LogP contribution is -2.61. The summed E-state index contributed by atoms with van der Waals surface area (Å²) < 4.78 is 0. The molecule has 1 saturated carbocycles. The number of aryl methyl sites for hydroxylation is 2. The van der Waals surface area contributed by atoms with Gasteiger partial charge in [0, 0.05) is 30.5 Å². The fourth-order valence-corrected chi connectivity index (χ4v) is 11.2. The molecular weight excluding hydrogens is 965 g/mol. The number of hydrogen-bond donors (Lipinski definition) is 8. The van der Waals surface area contributed by atoms with Crippen LogP contribution >= 0.6 is 0 Å². The fraction of sp³-hybridized carbons (Fsp3) is 0.655. The van der Waals surface area contributed by atoms with Crippen LogP contribution in [0.4, 0.5) is 4.79 Å². The quantitative estimate of drug-likeness (QED) is 0.101. The molecule has 18 heteroatoms. The van der Waals surface area contributed by atoms with Gasteiger partial charge in [-0.2, -0.15) is 0 Å². The Morgan fingerprint density at radius 3 is 1.66 bits per heavy atom. The summed E-state index contributed by atoms with van der Waals surface area (Å²) in [6.45, 7) is 16.2. The lowest BCUT2D eigenvalue weighted by atomic mass is 9.80. The summed E-state index contributed by atoms with van der Waals surface area (Å²) in [5, 5.41) is 24.3. The van der Waals surface area contributed by atoms with Gasteiger partial charge in [0.05, 0.1) is 30.7 Å². The van der Waals surface area contributed by atoms with Crippen LogP contribution in [0.3, 0.4) is 0 Å². The van der Waals surface area contributed by atoms with Gasteiger partial charge in [-0.1, -0.05) is 103 Å². The summed E-state index contributed by atoms with van der Waals surface area (Å²) in [5.74, 6) is -3.73. The molecule has 8 N–H and O–H groups in total. The van der Waals surface area contributed by atoms with E-state index in [-0.39, 0.29) is 61.6 Å². The summed E-state index contributed by atoms with van der Waals surface area (Å²) >= 11 is 0. The summed E-state index contributed by atoms with van der Waals surface area (Å²) in [6, 6.07) is 9.40. The third-order valence-electron chi connectivity index (χ3n) is 16.2. The number of fused-ring (bicyclic) bond motifs is 2. The van der Waals surface area contributed by atoms with E-state index in [1.165, 1.54) is 10.5 Å². The van der Waals surface area contributed by atoms with Crippen LogP contribution in [0.1, 0.15) is 161 Å². The summed E-state index contributed by atoms with van der Waals surface area (Å²) in [5.41, 5.74) is 2.84. The summed E-state index contributed by atoms with van der Waals surface area (Å²) in [7, 11) is 3.31. The van der Waals surface area contributed by atoms with Gasteiger partial charge in [-0.05, 0) is 132 Å². The SMILES string of the molecule is CC[C@@H](CN(C(=O)N[C@@H]1CCCc2ccccc21)C(=O)C(NC(=O)[C@H](C)NC)C(C)(C)C)NC(=O)C1CCCC(C(=O)N[C@H]2C[C@@H](C(=O)N[C@@H]3CCCc4ccccc43)N(C(=O)[C@@H](NC(=O)[C@H](C)NC)C(C)(C)C)C2)C1. The number of amides is 9. The third-order valence-corrected chi connectivity index (χ3v) is 16.2. The number of likely N-dealkylation sites (tertiary alicyclic amines) is 1. The highest BCUT2D eigenvalue weighted by Gasteiger charge is 2.47. The molecule has 2 aromatic rings. The van der Waals surface area contributed by atoms with Gasteiger partial charge in [0.1, 0.15) is 18.1 Å². The zero-order valence-corrected chi connectivity index (χ0v) is 47.0. The maximum absolute atomic E-state index is 14.8. The minimum absolute atomic E-state index is 0.0487. The normalized spacial score (nSPS) is 23.4. The largest absolute Gasteiger partial charge is 0.351 e. The van der Waals surface area contributed by atoms with Gasteiger partial charge < -0.3 is 47.4 Å². The van der Waals surface area contributed by atoms with Gasteiger partial charge in [-0.15, -0.1) is 0 Å². The van der Waals surface area contributed by atoms with E-state index >= 15 is 0 Å². The number of benzene rings is 2. The second-order valence-electron chi connectivity index (χ2n) is 24.0. The highest BCUT2D eigenvalue weighted by atomic mass is 16.2. The van der Waals surface area contributed by atoms with Crippen molar-refractivity contribution in [3.63, 3.8) is 0 Å². The topological polar surface area (TPSA) is 239 Å². The van der Waals surface area contributed by atoms with Gasteiger partial charge in [-0.25, -0.2) is 4.79 Å². The first-order valence-electron chi connectivity index (χ1n) is 27.9. The molecule has 3 unspecified atom stereocenters. The molecule has 6 rings (SSSR count). The average molecular weight is 1050 g/mol. The Labute approximate surface area is 450 Å². The molecule has 4 aliphatic rings. The molecule has 2 fully saturated rings. The van der Waals surface area contributed by atoms with Crippen molar-refractivity contribution in [1.29, 1.82) is 0 Å². The number of carbonyl (C=O) groups excluding carboxylic acids is 8. The zero-order valence-electron chi connectivity index (χ0n) is 47.0. The van der Waals surface area contributed by atoms with Gasteiger partial charge in [0.25, 0.3) is 5.91 Å². The van der Waals surface area contributed by atoms with E-state index < -0.39 is 88.7 Å². The molecule has 0 aromatic heterocycles. The predicted molar refractivity (Wildman–Crippen MR) is 292 cm³/mol. The number of imide groups is 1. The Morgan fingerprint density at radius 1 is 0.618 bits per heavy atom. The smallest absolute Gasteiger partial charge is 0.324 e. The molecule has 0 bridgehead atoms. The second-order valence-corrected chi connectivity index (χ2v) is 24.0. The summed E-state index contributed by atoms with van der Waals surface area (Å²) in [6.07, 6.45) is 7.44. The van der Waals surface area contributed by atoms with E-state index in [1.54, 1.807) is 27.9 Å². The predicted octanol–water partition coefficient (Wildman–Crippen LogP) is 4.86. The van der Waals surface area contributed by atoms with E-state index in [0.29, 0.717) is 32.1 Å². The molecular formula is C58H88N10O8. The maximum atomic E-state index is 14.8. The van der Waals surface area contributed by atoms with Crippen molar-refractivity contribution in [2.75, 3.05) is 27.2 Å². The average Bonchev–Trinajstić information content (AvgIpc) is 3.83. The van der Waals surface area contributed by atoms with Crippen molar-refractivity contribution >= 4 is 47.4 Å². The van der Waals surface area contributed by atoms with Crippen molar-refractivity contribution in [3.8, 4) is 0 Å². The molecule has 418 valence electrons. The van der Waals surface area contributed by atoms with E-state index in [9.17, 15) is 38.4 Å². The molecule has 18 nitrogen and oxygen atoms in total. The van der Waals surface area contributed by atoms with Crippen molar-refractivity contribution in [1.82, 2.24) is 52.3 Å². The fourth-order valence-electron chi connectivity index (χ4n) is 11.2. The monoisotopic (exact) mass is 1050 g/mol. The molecule has 0 radical (unpaired) electrons. The van der Waals surface area contributed by atoms with E-state index in [1.807, 2.05) is 90.9 Å². The van der Waals surface area contributed by atoms with Gasteiger partial charge >= 0.3 is 6.03 Å². The van der Waals surface area contributed by atoms with E-state index in [2.05, 4.69) is 48.6 Å². The van der Waals surface area contributed by atoms with Crippen LogP contribution in [0.15, 0.2) is 48.5 Å². The van der Waals surface area contributed by atoms with Crippen molar-refractivity contribution in [2.24, 2.45) is 22.7 Å². The lowest BCUT2D eigenvalue weighted by Gasteiger charge is -2.37. The molecule has 1 aliphatic heterocycles. The Hall–Kier alpha value is -5.88. The molecule has 76 heavy (non-hydrogen) atoms. The number of urea groups is 1. The molecule has 0 spiro atoms. The first-order chi connectivity index (χ1) is 35.9. The van der Waals surface area contributed by atoms with Crippen molar-refractivity contribution < 1.29 is 38.4 Å². The number of hydrogen-bond acceptors (Lipinski definition) is 10. The number of carbonyl (C=O) groups is 8. The summed E-state index contributed by atoms with van der Waals surface area (Å²) in [4.78, 5) is 116. The number of nitrogens with one attached hydrogen (secondary N) is 8. The Balaban J connectivity index is 1.17. The standard InChI is InChI=1S/C58H88N10O8/c1-12-40(32-68(55(75)48(58(7,8)9)66-50(70)35(3)60-11)56(76)64-45-29-19-23-37-21-14-16-27-43(37)45)61-51(71)38-24-17-25-39(30-38)52(72)62-41-31-46(53(73)63-44-28-18-22-36-20-13-15-26-42(36)44)67(33-41)54(74)47(57(4,5)6)65-49(69)34(2)59-10/h13-16,20-21,26-27,34-35,38-41,44-48,59-60H,12,17-19,22-25,28-33H2,1-11H3,(H,61,71)(H,62,72)(H,63,73)(H,64,76)(H,65,69)(H,66,70)/t34-,35-,38?,39?,40-,41-,44+,45+,46-,47+,48?/m0/s1. The highest BCUT2D eigenvalue weighted by molar-refractivity contribution is 6.00. The Bertz CT molecular complexity index is 2390. The minimum atomic E-state index is -1.08. The number of likely N-dealkylation sites (N-methyl/N-ethyl adjacent to an activating group) is 2. The minimum Gasteiger partial charge on any atom is -0.351 e. The van der Waals surface area contributed by atoms with E-state index in [0.717, 1.165) is 53.7 Å². The van der Waals surface area contributed by atoms with Gasteiger partial charge in [-0.3, -0.25) is 38.5 Å². The van der Waals surface area contributed by atoms with Crippen LogP contribution in [-0.4, -0.2) is 127 Å². The van der Waals surface area contributed by atoms with Crippen LogP contribution in [0, 0.1) is 22.7 Å². The second kappa shape index (κ2) is 26.0. The lowest BCUT2D eigenvalue weighted by molar-refractivity contribution is -0.144. The molecule has 9 amide bonds. The first-order valence-corrected chi connectivity index (χ1v) is 27.9. The number of rotatable bonds is 18. The van der Waals surface area contributed by atoms with Crippen LogP contribution < -0.4 is 42.5 Å². The molecule has 1 saturated heterocycles. The van der Waals surface area contributed by atoms with Gasteiger partial charge in [0.2, 0.25) is 35.4 Å². The van der Waals surface area contributed by atoms with Gasteiger partial charge in [0.15, 0.2) is 0 Å². The van der Waals surface area contributed by atoms with Crippen LogP contribution in [0.2, 0.25) is 0 Å². The third kappa shape index (κ3) is 14.8. The first kappa shape index (κ1) is 59.4. The highest BCUT2D eigenvalue weighted by Crippen LogP contribution is 2.34. The Kier molecular flexibility index (Phi) is 20.3. The van der Waals surface area contributed by atoms with Crippen LogP contribution in [0.5, 0.6) is 0 Å². The van der Waals surface area contributed by atoms with Crippen LogP contribution in [0.25, 0.3) is 0 Å². The van der Waals surface area contributed by atoms with Crippen LogP contribution in [-0.2, 0) is 46.4 Å². The number of nitrogens with zero attached hydrogens (tertiary/aromatic N) is 2. The molecule has 2 aromatic carbocycles. The van der Waals surface area contributed by atoms with Crippen molar-refractivity contribution in [3.05, 3.63) is 70.8 Å². The molecule has 1 heterocycles. The molecule has 3 aliphatic carbocycles.